The number of benzene rings is 2. The molecular formula is C19H21BrN2O5S. The van der Waals surface area contributed by atoms with Crippen LogP contribution in [0.15, 0.2) is 50.9 Å². The number of carbonyl (C=O) groups is 1. The SMILES string of the molecule is CCOC(=O)/C(=N\NS(=O)(=O)c1ccc(C)cc1)c1c(Br)cc(C)cc1OC. The Hall–Kier alpha value is -2.39. The smallest absolute Gasteiger partial charge is 0.359 e. The van der Waals surface area contributed by atoms with Gasteiger partial charge in [-0.3, -0.25) is 0 Å². The normalized spacial score (nSPS) is 11.8. The number of methoxy groups -OCH3 is 1. The van der Waals surface area contributed by atoms with Crippen LogP contribution in [0.3, 0.4) is 0 Å². The predicted octanol–water partition coefficient (Wildman–Crippen LogP) is 3.32. The minimum Gasteiger partial charge on any atom is -0.496 e. The van der Waals surface area contributed by atoms with Crippen LogP contribution in [0.4, 0.5) is 0 Å². The molecule has 2 aromatic carbocycles. The van der Waals surface area contributed by atoms with E-state index in [1.807, 2.05) is 13.8 Å². The van der Waals surface area contributed by atoms with Crippen LogP contribution in [0.1, 0.15) is 23.6 Å². The molecule has 0 aliphatic rings. The van der Waals surface area contributed by atoms with Gasteiger partial charge in [0.2, 0.25) is 0 Å². The Bertz CT molecular complexity index is 1000. The van der Waals surface area contributed by atoms with Gasteiger partial charge >= 0.3 is 5.97 Å². The van der Waals surface area contributed by atoms with Gasteiger partial charge in [0, 0.05) is 4.47 Å². The zero-order chi connectivity index (χ0) is 20.9. The summed E-state index contributed by atoms with van der Waals surface area (Å²) in [6.45, 7) is 5.46. The third-order valence-electron chi connectivity index (χ3n) is 3.73. The maximum Gasteiger partial charge on any atom is 0.359 e. The molecule has 28 heavy (non-hydrogen) atoms. The highest BCUT2D eigenvalue weighted by Crippen LogP contribution is 2.30. The van der Waals surface area contributed by atoms with E-state index in [9.17, 15) is 13.2 Å². The van der Waals surface area contributed by atoms with E-state index in [1.54, 1.807) is 31.2 Å². The first kappa shape index (κ1) is 21.9. The Morgan fingerprint density at radius 3 is 2.36 bits per heavy atom. The molecule has 0 aromatic heterocycles. The molecule has 0 atom stereocenters. The van der Waals surface area contributed by atoms with Crippen LogP contribution in [0, 0.1) is 13.8 Å². The number of nitrogens with zero attached hydrogens (tertiary/aromatic N) is 1. The van der Waals surface area contributed by atoms with Gasteiger partial charge in [0.05, 0.1) is 24.2 Å². The van der Waals surface area contributed by atoms with Crippen molar-refractivity contribution in [1.82, 2.24) is 4.83 Å². The van der Waals surface area contributed by atoms with Crippen LogP contribution in [-0.2, 0) is 19.6 Å². The second-order valence-electron chi connectivity index (χ2n) is 5.91. The summed E-state index contributed by atoms with van der Waals surface area (Å²) < 4.78 is 36.0. The maximum atomic E-state index is 12.5. The molecule has 150 valence electrons. The van der Waals surface area contributed by atoms with Crippen LogP contribution in [0.25, 0.3) is 0 Å². The first-order chi connectivity index (χ1) is 13.2. The molecule has 0 heterocycles. The van der Waals surface area contributed by atoms with Crippen LogP contribution in [0.5, 0.6) is 5.75 Å². The van der Waals surface area contributed by atoms with Gasteiger partial charge in [-0.25, -0.2) is 4.79 Å². The Morgan fingerprint density at radius 2 is 1.79 bits per heavy atom. The average molecular weight is 469 g/mol. The molecule has 0 unspecified atom stereocenters. The number of nitrogens with one attached hydrogen (secondary N) is 1. The van der Waals surface area contributed by atoms with Crippen molar-refractivity contribution < 1.29 is 22.7 Å². The standard InChI is InChI=1S/C19H21BrN2O5S/c1-5-27-19(23)18(17-15(20)10-13(3)11-16(17)26-4)21-22-28(24,25)14-8-6-12(2)7-9-14/h6-11,22H,5H2,1-4H3/b21-18-. The minimum absolute atomic E-state index is 0.0278. The molecule has 0 saturated carbocycles. The van der Waals surface area contributed by atoms with Gasteiger partial charge in [0.25, 0.3) is 10.0 Å². The Morgan fingerprint density at radius 1 is 1.14 bits per heavy atom. The fourth-order valence-corrected chi connectivity index (χ4v) is 3.94. The molecule has 0 saturated heterocycles. The molecule has 7 nitrogen and oxygen atoms in total. The summed E-state index contributed by atoms with van der Waals surface area (Å²) in [5, 5.41) is 3.88. The predicted molar refractivity (Wildman–Crippen MR) is 110 cm³/mol. The quantitative estimate of drug-likeness (QED) is 0.382. The second kappa shape index (κ2) is 9.20. The summed E-state index contributed by atoms with van der Waals surface area (Å²) in [5.74, 6) is -0.426. The minimum atomic E-state index is -3.97. The Labute approximate surface area is 172 Å². The van der Waals surface area contributed by atoms with Gasteiger partial charge in [-0.05, 0) is 66.5 Å². The molecule has 1 N–H and O–H groups in total. The lowest BCUT2D eigenvalue weighted by atomic mass is 10.1. The summed E-state index contributed by atoms with van der Waals surface area (Å²) in [5.41, 5.74) is 1.87. The molecular weight excluding hydrogens is 448 g/mol. The van der Waals surface area contributed by atoms with Crippen LogP contribution < -0.4 is 9.57 Å². The zero-order valence-corrected chi connectivity index (χ0v) is 18.3. The molecule has 9 heteroatoms. The highest BCUT2D eigenvalue weighted by molar-refractivity contribution is 9.10. The molecule has 0 bridgehead atoms. The van der Waals surface area contributed by atoms with E-state index in [1.165, 1.54) is 19.2 Å². The van der Waals surface area contributed by atoms with E-state index in [0.717, 1.165) is 11.1 Å². The zero-order valence-electron chi connectivity index (χ0n) is 15.9. The monoisotopic (exact) mass is 468 g/mol. The number of carbonyl (C=O) groups excluding carboxylic acids is 1. The topological polar surface area (TPSA) is 94.1 Å². The molecule has 2 aromatic rings. The third kappa shape index (κ3) is 5.11. The van der Waals surface area contributed by atoms with Crippen molar-refractivity contribution in [1.29, 1.82) is 0 Å². The highest BCUT2D eigenvalue weighted by atomic mass is 79.9. The first-order valence-corrected chi connectivity index (χ1v) is 10.6. The van der Waals surface area contributed by atoms with Gasteiger partial charge < -0.3 is 9.47 Å². The lowest BCUT2D eigenvalue weighted by Crippen LogP contribution is -2.26. The van der Waals surface area contributed by atoms with Gasteiger partial charge in [0.1, 0.15) is 5.75 Å². The fourth-order valence-electron chi connectivity index (χ4n) is 2.38. The van der Waals surface area contributed by atoms with Gasteiger partial charge in [-0.15, -0.1) is 0 Å². The van der Waals surface area contributed by atoms with Crippen LogP contribution in [0.2, 0.25) is 0 Å². The molecule has 0 aliphatic heterocycles. The number of aryl methyl sites for hydroxylation is 2. The van der Waals surface area contributed by atoms with E-state index >= 15 is 0 Å². The van der Waals surface area contributed by atoms with E-state index in [4.69, 9.17) is 9.47 Å². The molecule has 0 amide bonds. The lowest BCUT2D eigenvalue weighted by Gasteiger charge is -2.14. The largest absolute Gasteiger partial charge is 0.496 e. The summed E-state index contributed by atoms with van der Waals surface area (Å²) >= 11 is 3.39. The molecule has 0 radical (unpaired) electrons. The number of hydrogen-bond acceptors (Lipinski definition) is 6. The van der Waals surface area contributed by atoms with E-state index in [0.29, 0.717) is 10.2 Å². The highest BCUT2D eigenvalue weighted by Gasteiger charge is 2.24. The number of halogens is 1. The molecule has 0 aliphatic carbocycles. The van der Waals surface area contributed by atoms with Crippen molar-refractivity contribution in [2.75, 3.05) is 13.7 Å². The van der Waals surface area contributed by atoms with Crippen molar-refractivity contribution in [3.8, 4) is 5.75 Å². The summed E-state index contributed by atoms with van der Waals surface area (Å²) in [6.07, 6.45) is 0. The number of ether oxygens (including phenoxy) is 2. The fraction of sp³-hybridized carbons (Fsp3) is 0.263. The maximum absolute atomic E-state index is 12.5. The van der Waals surface area contributed by atoms with Crippen LogP contribution in [-0.4, -0.2) is 33.8 Å². The number of esters is 1. The van der Waals surface area contributed by atoms with E-state index in [2.05, 4.69) is 25.9 Å². The van der Waals surface area contributed by atoms with E-state index < -0.39 is 16.0 Å². The third-order valence-corrected chi connectivity index (χ3v) is 5.58. The number of rotatable bonds is 7. The van der Waals surface area contributed by atoms with Crippen LogP contribution >= 0.6 is 15.9 Å². The van der Waals surface area contributed by atoms with Crippen molar-refractivity contribution in [2.24, 2.45) is 5.10 Å². The first-order valence-electron chi connectivity index (χ1n) is 8.37. The van der Waals surface area contributed by atoms with Crippen molar-refractivity contribution >= 4 is 37.6 Å². The van der Waals surface area contributed by atoms with Crippen molar-refractivity contribution in [3.05, 3.63) is 57.6 Å². The van der Waals surface area contributed by atoms with Gasteiger partial charge in [0.15, 0.2) is 5.71 Å². The Balaban J connectivity index is 2.53. The summed E-state index contributed by atoms with van der Waals surface area (Å²) in [7, 11) is -2.52. The second-order valence-corrected chi connectivity index (χ2v) is 8.43. The number of hydrazone groups is 1. The average Bonchev–Trinajstić information content (AvgIpc) is 2.63. The molecule has 2 rings (SSSR count). The number of sulfonamides is 1. The van der Waals surface area contributed by atoms with Gasteiger partial charge in [-0.2, -0.15) is 18.4 Å². The number of hydrogen-bond donors (Lipinski definition) is 1. The van der Waals surface area contributed by atoms with E-state index in [-0.39, 0.29) is 22.8 Å². The van der Waals surface area contributed by atoms with Gasteiger partial charge in [-0.1, -0.05) is 17.7 Å². The lowest BCUT2D eigenvalue weighted by molar-refractivity contribution is -0.134. The van der Waals surface area contributed by atoms with Crippen molar-refractivity contribution in [2.45, 2.75) is 25.7 Å². The summed E-state index contributed by atoms with van der Waals surface area (Å²) in [4.78, 5) is 14.6. The van der Waals surface area contributed by atoms with Crippen molar-refractivity contribution in [3.63, 3.8) is 0 Å². The summed E-state index contributed by atoms with van der Waals surface area (Å²) in [6, 6.07) is 9.73. The molecule has 0 fully saturated rings. The molecule has 0 spiro atoms. The Kier molecular flexibility index (Phi) is 7.20.